The standard InChI is InChI=1S/C14H20N4O3/c1-14(2)9-18(7-6-17-14)11(20)8-16-13(21)12-10(19)4-3-5-15-12/h3-5,17,19H,6-9H2,1-2H3,(H,16,21). The number of aromatic hydroxyl groups is 1. The molecule has 0 aromatic carbocycles. The maximum absolute atomic E-state index is 12.1. The van der Waals surface area contributed by atoms with Crippen LogP contribution in [0.15, 0.2) is 18.3 Å². The van der Waals surface area contributed by atoms with Crippen LogP contribution in [-0.2, 0) is 4.79 Å². The second kappa shape index (κ2) is 6.09. The fourth-order valence-electron chi connectivity index (χ4n) is 2.28. The maximum Gasteiger partial charge on any atom is 0.274 e. The van der Waals surface area contributed by atoms with Gasteiger partial charge in [-0.25, -0.2) is 4.98 Å². The molecular weight excluding hydrogens is 272 g/mol. The molecule has 21 heavy (non-hydrogen) atoms. The zero-order valence-electron chi connectivity index (χ0n) is 12.2. The van der Waals surface area contributed by atoms with Gasteiger partial charge in [0.2, 0.25) is 5.91 Å². The number of piperazine rings is 1. The third-order valence-electron chi connectivity index (χ3n) is 3.33. The molecule has 2 rings (SSSR count). The molecule has 0 radical (unpaired) electrons. The third kappa shape index (κ3) is 3.91. The molecule has 0 saturated carbocycles. The van der Waals surface area contributed by atoms with E-state index in [1.807, 2.05) is 13.8 Å². The molecule has 0 atom stereocenters. The predicted octanol–water partition coefficient (Wildman–Crippen LogP) is -0.273. The van der Waals surface area contributed by atoms with Gasteiger partial charge in [-0.1, -0.05) is 0 Å². The Morgan fingerprint density at radius 1 is 1.52 bits per heavy atom. The van der Waals surface area contributed by atoms with Gasteiger partial charge < -0.3 is 20.6 Å². The van der Waals surface area contributed by atoms with Crippen LogP contribution in [0, 0.1) is 0 Å². The first-order chi connectivity index (χ1) is 9.89. The molecule has 0 unspecified atom stereocenters. The number of nitrogens with one attached hydrogen (secondary N) is 2. The molecule has 1 aromatic heterocycles. The van der Waals surface area contributed by atoms with Gasteiger partial charge >= 0.3 is 0 Å². The highest BCUT2D eigenvalue weighted by molar-refractivity contribution is 5.96. The van der Waals surface area contributed by atoms with Crippen LogP contribution in [0.5, 0.6) is 5.75 Å². The Kier molecular flexibility index (Phi) is 4.42. The fraction of sp³-hybridized carbons (Fsp3) is 0.500. The molecule has 7 nitrogen and oxygen atoms in total. The van der Waals surface area contributed by atoms with E-state index in [4.69, 9.17) is 0 Å². The van der Waals surface area contributed by atoms with Crippen molar-refractivity contribution < 1.29 is 14.7 Å². The molecule has 1 aliphatic rings. The minimum absolute atomic E-state index is 0.0778. The summed E-state index contributed by atoms with van der Waals surface area (Å²) in [5, 5.41) is 15.3. The van der Waals surface area contributed by atoms with Crippen LogP contribution >= 0.6 is 0 Å². The first-order valence-electron chi connectivity index (χ1n) is 6.84. The van der Waals surface area contributed by atoms with E-state index in [0.717, 1.165) is 6.54 Å². The van der Waals surface area contributed by atoms with E-state index >= 15 is 0 Å². The summed E-state index contributed by atoms with van der Waals surface area (Å²) in [6.07, 6.45) is 1.41. The number of aromatic nitrogens is 1. The molecule has 7 heteroatoms. The third-order valence-corrected chi connectivity index (χ3v) is 3.33. The Bertz CT molecular complexity index is 545. The van der Waals surface area contributed by atoms with Crippen LogP contribution < -0.4 is 10.6 Å². The average Bonchev–Trinajstić information content (AvgIpc) is 2.43. The summed E-state index contributed by atoms with van der Waals surface area (Å²) in [4.78, 5) is 29.5. The smallest absolute Gasteiger partial charge is 0.274 e. The quantitative estimate of drug-likeness (QED) is 0.713. The predicted molar refractivity (Wildman–Crippen MR) is 76.9 cm³/mol. The number of amides is 2. The van der Waals surface area contributed by atoms with Gasteiger partial charge in [-0.2, -0.15) is 0 Å². The van der Waals surface area contributed by atoms with E-state index in [9.17, 15) is 14.7 Å². The van der Waals surface area contributed by atoms with E-state index in [2.05, 4.69) is 15.6 Å². The Labute approximate surface area is 123 Å². The van der Waals surface area contributed by atoms with Gasteiger partial charge in [0.1, 0.15) is 5.75 Å². The first kappa shape index (κ1) is 15.2. The molecule has 114 valence electrons. The average molecular weight is 292 g/mol. The van der Waals surface area contributed by atoms with Crippen LogP contribution in [0.2, 0.25) is 0 Å². The van der Waals surface area contributed by atoms with E-state index in [-0.39, 0.29) is 29.4 Å². The lowest BCUT2D eigenvalue weighted by Gasteiger charge is -2.39. The second-order valence-electron chi connectivity index (χ2n) is 5.68. The van der Waals surface area contributed by atoms with Crippen molar-refractivity contribution in [2.45, 2.75) is 19.4 Å². The van der Waals surface area contributed by atoms with Crippen molar-refractivity contribution in [1.82, 2.24) is 20.5 Å². The summed E-state index contributed by atoms with van der Waals surface area (Å²) in [6.45, 7) is 5.88. The summed E-state index contributed by atoms with van der Waals surface area (Å²) in [7, 11) is 0. The minimum Gasteiger partial charge on any atom is -0.505 e. The van der Waals surface area contributed by atoms with E-state index < -0.39 is 5.91 Å². The molecule has 1 saturated heterocycles. The molecule has 0 spiro atoms. The highest BCUT2D eigenvalue weighted by Gasteiger charge is 2.28. The van der Waals surface area contributed by atoms with Crippen molar-refractivity contribution in [2.24, 2.45) is 0 Å². The largest absolute Gasteiger partial charge is 0.505 e. The molecule has 3 N–H and O–H groups in total. The highest BCUT2D eigenvalue weighted by Crippen LogP contribution is 2.12. The van der Waals surface area contributed by atoms with Gasteiger partial charge in [-0.15, -0.1) is 0 Å². The van der Waals surface area contributed by atoms with E-state index in [0.29, 0.717) is 13.1 Å². The normalized spacial score (nSPS) is 17.3. The summed E-state index contributed by atoms with van der Waals surface area (Å²) >= 11 is 0. The molecule has 1 aromatic rings. The Hall–Kier alpha value is -2.15. The number of hydrogen-bond acceptors (Lipinski definition) is 5. The second-order valence-corrected chi connectivity index (χ2v) is 5.68. The summed E-state index contributed by atoms with van der Waals surface area (Å²) in [5.74, 6) is -0.907. The lowest BCUT2D eigenvalue weighted by atomic mass is 10.0. The van der Waals surface area contributed by atoms with Gasteiger partial charge in [-0.3, -0.25) is 9.59 Å². The summed E-state index contributed by atoms with van der Waals surface area (Å²) in [6, 6.07) is 2.91. The zero-order chi connectivity index (χ0) is 15.5. The molecule has 1 aliphatic heterocycles. The fourth-order valence-corrected chi connectivity index (χ4v) is 2.28. The summed E-state index contributed by atoms with van der Waals surface area (Å²) in [5.41, 5.74) is -0.206. The van der Waals surface area contributed by atoms with Crippen LogP contribution in [0.25, 0.3) is 0 Å². The molecule has 2 amide bonds. The lowest BCUT2D eigenvalue weighted by Crippen LogP contribution is -2.59. The van der Waals surface area contributed by atoms with Crippen molar-refractivity contribution >= 4 is 11.8 Å². The number of nitrogens with zero attached hydrogens (tertiary/aromatic N) is 2. The van der Waals surface area contributed by atoms with Crippen molar-refractivity contribution in [2.75, 3.05) is 26.2 Å². The van der Waals surface area contributed by atoms with Gasteiger partial charge in [0.15, 0.2) is 5.69 Å². The number of carbonyl (C=O) groups is 2. The molecule has 0 aliphatic carbocycles. The SMILES string of the molecule is CC1(C)CN(C(=O)CNC(=O)c2ncccc2O)CCN1. The first-order valence-corrected chi connectivity index (χ1v) is 6.84. The van der Waals surface area contributed by atoms with Crippen molar-refractivity contribution in [1.29, 1.82) is 0 Å². The maximum atomic E-state index is 12.1. The number of hydrogen-bond donors (Lipinski definition) is 3. The monoisotopic (exact) mass is 292 g/mol. The molecular formula is C14H20N4O3. The van der Waals surface area contributed by atoms with Gasteiger partial charge in [0, 0.05) is 31.4 Å². The highest BCUT2D eigenvalue weighted by atomic mass is 16.3. The molecule has 2 heterocycles. The van der Waals surface area contributed by atoms with Crippen molar-refractivity contribution in [3.8, 4) is 5.75 Å². The van der Waals surface area contributed by atoms with Gasteiger partial charge in [0.05, 0.1) is 6.54 Å². The Morgan fingerprint density at radius 3 is 2.95 bits per heavy atom. The number of carbonyl (C=O) groups excluding carboxylic acids is 2. The molecule has 1 fully saturated rings. The number of rotatable bonds is 3. The topological polar surface area (TPSA) is 94.6 Å². The van der Waals surface area contributed by atoms with E-state index in [1.165, 1.54) is 18.3 Å². The molecule has 0 bridgehead atoms. The van der Waals surface area contributed by atoms with Crippen LogP contribution in [-0.4, -0.2) is 58.5 Å². The van der Waals surface area contributed by atoms with Crippen LogP contribution in [0.3, 0.4) is 0 Å². The minimum atomic E-state index is -0.559. The van der Waals surface area contributed by atoms with E-state index in [1.54, 1.807) is 4.90 Å². The Balaban J connectivity index is 1.89. The van der Waals surface area contributed by atoms with Crippen molar-refractivity contribution in [3.05, 3.63) is 24.0 Å². The lowest BCUT2D eigenvalue weighted by molar-refractivity contribution is -0.132. The number of pyridine rings is 1. The van der Waals surface area contributed by atoms with Crippen LogP contribution in [0.1, 0.15) is 24.3 Å². The van der Waals surface area contributed by atoms with Gasteiger partial charge in [-0.05, 0) is 26.0 Å². The zero-order valence-corrected chi connectivity index (χ0v) is 12.2. The van der Waals surface area contributed by atoms with Crippen LogP contribution in [0.4, 0.5) is 0 Å². The van der Waals surface area contributed by atoms with Crippen molar-refractivity contribution in [3.63, 3.8) is 0 Å². The Morgan fingerprint density at radius 2 is 2.29 bits per heavy atom. The summed E-state index contributed by atoms with van der Waals surface area (Å²) < 4.78 is 0. The van der Waals surface area contributed by atoms with Gasteiger partial charge in [0.25, 0.3) is 5.91 Å².